The molecule has 0 radical (unpaired) electrons. The lowest BCUT2D eigenvalue weighted by Crippen LogP contribution is -2.51. The fourth-order valence-electron chi connectivity index (χ4n) is 3.65. The molecule has 1 aromatic rings. The van der Waals surface area contributed by atoms with Gasteiger partial charge < -0.3 is 10.6 Å². The minimum atomic E-state index is -0.913. The van der Waals surface area contributed by atoms with Gasteiger partial charge in [-0.25, -0.2) is 10.2 Å². The van der Waals surface area contributed by atoms with Gasteiger partial charge in [0.1, 0.15) is 0 Å². The summed E-state index contributed by atoms with van der Waals surface area (Å²) in [6.07, 6.45) is 1.15. The van der Waals surface area contributed by atoms with Crippen LogP contribution in [0.5, 0.6) is 0 Å². The maximum absolute atomic E-state index is 12.9. The molecule has 0 unspecified atom stereocenters. The predicted molar refractivity (Wildman–Crippen MR) is 82.9 cm³/mol. The number of piperidine rings is 1. The molecule has 2 aliphatic rings. The number of imide groups is 1. The molecule has 23 heavy (non-hydrogen) atoms. The quantitative estimate of drug-likeness (QED) is 0.774. The zero-order valence-electron chi connectivity index (χ0n) is 13.0. The normalized spacial score (nSPS) is 24.2. The molecular weight excluding hydrogens is 296 g/mol. The van der Waals surface area contributed by atoms with Crippen molar-refractivity contribution in [2.75, 3.05) is 20.1 Å². The number of benzene rings is 1. The van der Waals surface area contributed by atoms with Crippen molar-refractivity contribution in [2.24, 2.45) is 11.1 Å². The van der Waals surface area contributed by atoms with Gasteiger partial charge in [0.25, 0.3) is 11.8 Å². The van der Waals surface area contributed by atoms with E-state index in [1.807, 2.05) is 37.4 Å². The maximum atomic E-state index is 12.9. The highest BCUT2D eigenvalue weighted by atomic mass is 16.2. The lowest BCUT2D eigenvalue weighted by atomic mass is 9.67. The minimum absolute atomic E-state index is 0.358. The highest BCUT2D eigenvalue weighted by molar-refractivity contribution is 6.10. The molecule has 7 heteroatoms. The summed E-state index contributed by atoms with van der Waals surface area (Å²) < 4.78 is 0. The fraction of sp³-hybridized carbons (Fsp3) is 0.438. The van der Waals surface area contributed by atoms with Crippen molar-refractivity contribution in [3.05, 3.63) is 35.9 Å². The summed E-state index contributed by atoms with van der Waals surface area (Å²) >= 11 is 0. The summed E-state index contributed by atoms with van der Waals surface area (Å²) in [6, 6.07) is 8.35. The van der Waals surface area contributed by atoms with Crippen LogP contribution >= 0.6 is 0 Å². The molecule has 0 aromatic heterocycles. The second kappa shape index (κ2) is 5.66. The summed E-state index contributed by atoms with van der Waals surface area (Å²) in [5.41, 5.74) is 7.28. The smallest absolute Gasteiger partial charge is 0.331 e. The first-order valence-electron chi connectivity index (χ1n) is 7.64. The van der Waals surface area contributed by atoms with E-state index in [-0.39, 0.29) is 5.91 Å². The Kier molecular flexibility index (Phi) is 3.81. The molecule has 0 saturated carbocycles. The van der Waals surface area contributed by atoms with Crippen LogP contribution in [0.3, 0.4) is 0 Å². The number of hydrogen-bond donors (Lipinski definition) is 2. The number of rotatable bonds is 2. The lowest BCUT2D eigenvalue weighted by molar-refractivity contribution is -0.145. The molecule has 2 aliphatic heterocycles. The molecule has 3 rings (SSSR count). The number of carbonyl (C=O) groups is 3. The number of primary amides is 1. The van der Waals surface area contributed by atoms with Gasteiger partial charge in [-0.1, -0.05) is 30.3 Å². The van der Waals surface area contributed by atoms with Crippen LogP contribution in [0.4, 0.5) is 4.79 Å². The van der Waals surface area contributed by atoms with Crippen LogP contribution in [-0.2, 0) is 9.59 Å². The van der Waals surface area contributed by atoms with Crippen LogP contribution in [0.1, 0.15) is 24.3 Å². The van der Waals surface area contributed by atoms with E-state index in [4.69, 9.17) is 5.73 Å². The highest BCUT2D eigenvalue weighted by Crippen LogP contribution is 2.50. The molecule has 1 aromatic carbocycles. The van der Waals surface area contributed by atoms with Gasteiger partial charge in [0, 0.05) is 0 Å². The Morgan fingerprint density at radius 2 is 1.83 bits per heavy atom. The summed E-state index contributed by atoms with van der Waals surface area (Å²) in [7, 11) is 1.99. The number of urea groups is 1. The zero-order chi connectivity index (χ0) is 16.6. The highest BCUT2D eigenvalue weighted by Gasteiger charge is 2.60. The van der Waals surface area contributed by atoms with Crippen LogP contribution < -0.4 is 11.2 Å². The van der Waals surface area contributed by atoms with Crippen LogP contribution in [0.15, 0.2) is 30.3 Å². The second-order valence-electron chi connectivity index (χ2n) is 6.26. The van der Waals surface area contributed by atoms with Gasteiger partial charge in [-0.05, 0) is 38.5 Å². The van der Waals surface area contributed by atoms with Crippen LogP contribution in [0, 0.1) is 5.41 Å². The van der Waals surface area contributed by atoms with Crippen LogP contribution in [0.2, 0.25) is 0 Å². The van der Waals surface area contributed by atoms with Crippen molar-refractivity contribution in [2.45, 2.75) is 18.8 Å². The lowest BCUT2D eigenvalue weighted by Gasteiger charge is -2.38. The Balaban J connectivity index is 2.04. The van der Waals surface area contributed by atoms with Crippen LogP contribution in [0.25, 0.3) is 0 Å². The van der Waals surface area contributed by atoms with Crippen molar-refractivity contribution in [1.29, 1.82) is 0 Å². The summed E-state index contributed by atoms with van der Waals surface area (Å²) in [5, 5.41) is 0.811. The first-order chi connectivity index (χ1) is 11.0. The average Bonchev–Trinajstić information content (AvgIpc) is 2.73. The van der Waals surface area contributed by atoms with E-state index >= 15 is 0 Å². The Morgan fingerprint density at radius 1 is 1.22 bits per heavy atom. The molecule has 0 bridgehead atoms. The first kappa shape index (κ1) is 15.5. The molecule has 4 amide bonds. The van der Waals surface area contributed by atoms with E-state index in [1.54, 1.807) is 0 Å². The molecule has 7 nitrogen and oxygen atoms in total. The van der Waals surface area contributed by atoms with E-state index in [9.17, 15) is 14.4 Å². The van der Waals surface area contributed by atoms with Gasteiger partial charge in [-0.3, -0.25) is 9.59 Å². The Morgan fingerprint density at radius 3 is 2.39 bits per heavy atom. The Bertz CT molecular complexity index is 638. The molecule has 2 heterocycles. The van der Waals surface area contributed by atoms with E-state index < -0.39 is 23.3 Å². The topological polar surface area (TPSA) is 95.7 Å². The van der Waals surface area contributed by atoms with E-state index in [0.717, 1.165) is 23.7 Å². The summed E-state index contributed by atoms with van der Waals surface area (Å²) in [6.45, 7) is 1.46. The largest absolute Gasteiger partial charge is 0.350 e. The molecule has 0 aliphatic carbocycles. The molecule has 2 saturated heterocycles. The van der Waals surface area contributed by atoms with Crippen molar-refractivity contribution >= 4 is 17.8 Å². The number of nitrogens with one attached hydrogen (secondary N) is 1. The van der Waals surface area contributed by atoms with Gasteiger partial charge in [0.2, 0.25) is 0 Å². The Hall–Kier alpha value is -2.41. The standard InChI is InChI=1S/C16H20N4O3/c1-19-9-7-16(8-10-19)12(11-5-3-2-4-6-11)13(21)20(14(16)22)18-15(17)23/h2-6,12H,7-10H2,1H3,(H3,17,18,23)/t12-/m0/s1. The summed E-state index contributed by atoms with van der Waals surface area (Å²) in [5.74, 6) is -1.36. The number of hydrazine groups is 1. The minimum Gasteiger partial charge on any atom is -0.350 e. The van der Waals surface area contributed by atoms with Gasteiger partial charge in [-0.15, -0.1) is 0 Å². The SMILES string of the molecule is CN1CCC2(CC1)C(=O)N(NC(N)=O)C(=O)[C@@H]2c1ccccc1. The molecular formula is C16H20N4O3. The number of amides is 4. The second-order valence-corrected chi connectivity index (χ2v) is 6.26. The molecule has 1 atom stereocenters. The number of carbonyl (C=O) groups excluding carboxylic acids is 3. The number of hydrogen-bond acceptors (Lipinski definition) is 4. The number of nitrogens with two attached hydrogens (primary N) is 1. The Labute approximate surface area is 134 Å². The van der Waals surface area contributed by atoms with Crippen molar-refractivity contribution in [1.82, 2.24) is 15.3 Å². The third-order valence-corrected chi connectivity index (χ3v) is 4.88. The van der Waals surface area contributed by atoms with Crippen molar-refractivity contribution in [3.63, 3.8) is 0 Å². The van der Waals surface area contributed by atoms with Gasteiger partial charge in [0.15, 0.2) is 0 Å². The van der Waals surface area contributed by atoms with E-state index in [0.29, 0.717) is 12.8 Å². The fourth-order valence-corrected chi connectivity index (χ4v) is 3.65. The van der Waals surface area contributed by atoms with E-state index in [1.165, 1.54) is 0 Å². The monoisotopic (exact) mass is 316 g/mol. The van der Waals surface area contributed by atoms with Crippen molar-refractivity contribution in [3.8, 4) is 0 Å². The zero-order valence-corrected chi connectivity index (χ0v) is 13.0. The summed E-state index contributed by atoms with van der Waals surface area (Å²) in [4.78, 5) is 39.1. The number of nitrogens with zero attached hydrogens (tertiary/aromatic N) is 2. The van der Waals surface area contributed by atoms with E-state index in [2.05, 4.69) is 10.3 Å². The predicted octanol–water partition coefficient (Wildman–Crippen LogP) is 0.434. The first-order valence-corrected chi connectivity index (χ1v) is 7.64. The van der Waals surface area contributed by atoms with Crippen LogP contribution in [-0.4, -0.2) is 47.9 Å². The third-order valence-electron chi connectivity index (χ3n) is 4.88. The third kappa shape index (κ3) is 2.46. The van der Waals surface area contributed by atoms with Gasteiger partial charge in [0.05, 0.1) is 11.3 Å². The number of likely N-dealkylation sites (tertiary alicyclic amines) is 1. The maximum Gasteiger partial charge on any atom is 0.331 e. The van der Waals surface area contributed by atoms with Crippen molar-refractivity contribution < 1.29 is 14.4 Å². The van der Waals surface area contributed by atoms with Gasteiger partial charge in [-0.2, -0.15) is 5.01 Å². The molecule has 3 N–H and O–H groups in total. The van der Waals surface area contributed by atoms with Gasteiger partial charge >= 0.3 is 6.03 Å². The molecule has 1 spiro atoms. The molecule has 2 fully saturated rings. The average molecular weight is 316 g/mol. The molecule has 122 valence electrons.